The molecule has 0 fully saturated rings. The Morgan fingerprint density at radius 3 is 2.72 bits per heavy atom. The molecule has 0 heterocycles. The summed E-state index contributed by atoms with van der Waals surface area (Å²) in [4.78, 5) is 11.1. The fourth-order valence-electron chi connectivity index (χ4n) is 1.61. The number of benzene rings is 1. The van der Waals surface area contributed by atoms with Crippen molar-refractivity contribution in [3.63, 3.8) is 0 Å². The number of nitrogens with one attached hydrogen (secondary N) is 1. The normalized spacial score (nSPS) is 10.1. The Balaban J connectivity index is 2.11. The van der Waals surface area contributed by atoms with Crippen molar-refractivity contribution in [2.24, 2.45) is 0 Å². The first kappa shape index (κ1) is 14.5. The maximum absolute atomic E-state index is 11.1. The predicted octanol–water partition coefficient (Wildman–Crippen LogP) is 2.63. The molecular formula is C15H21NO2. The largest absolute Gasteiger partial charge is 0.466 e. The Labute approximate surface area is 109 Å². The van der Waals surface area contributed by atoms with E-state index in [1.54, 1.807) is 0 Å². The van der Waals surface area contributed by atoms with Crippen molar-refractivity contribution in [1.29, 1.82) is 0 Å². The molecule has 0 saturated carbocycles. The molecule has 3 heteroatoms. The summed E-state index contributed by atoms with van der Waals surface area (Å²) in [6.07, 6.45) is 1.26. The van der Waals surface area contributed by atoms with Crippen molar-refractivity contribution in [3.8, 4) is 0 Å². The number of carbonyl (C=O) groups excluding carboxylic acids is 1. The molecule has 0 radical (unpaired) electrons. The van der Waals surface area contributed by atoms with Gasteiger partial charge in [0.2, 0.25) is 0 Å². The first-order valence-corrected chi connectivity index (χ1v) is 6.33. The highest BCUT2D eigenvalue weighted by Gasteiger charge is 2.01. The molecule has 1 aromatic rings. The molecule has 0 aromatic heterocycles. The highest BCUT2D eigenvalue weighted by atomic mass is 16.5. The zero-order chi connectivity index (χ0) is 13.2. The van der Waals surface area contributed by atoms with Gasteiger partial charge in [-0.05, 0) is 31.0 Å². The fourth-order valence-corrected chi connectivity index (χ4v) is 1.61. The molecule has 0 amide bonds. The minimum Gasteiger partial charge on any atom is -0.466 e. The predicted molar refractivity (Wildman–Crippen MR) is 74.2 cm³/mol. The summed E-state index contributed by atoms with van der Waals surface area (Å²) in [7, 11) is 0. The van der Waals surface area contributed by atoms with E-state index in [-0.39, 0.29) is 5.97 Å². The maximum Gasteiger partial charge on any atom is 0.305 e. The monoisotopic (exact) mass is 247 g/mol. The van der Waals surface area contributed by atoms with E-state index in [4.69, 9.17) is 4.74 Å². The summed E-state index contributed by atoms with van der Waals surface area (Å²) in [6, 6.07) is 10.1. The van der Waals surface area contributed by atoms with Crippen molar-refractivity contribution in [3.05, 3.63) is 42.5 Å². The van der Waals surface area contributed by atoms with Gasteiger partial charge in [-0.15, -0.1) is 0 Å². The van der Waals surface area contributed by atoms with Crippen LogP contribution in [0.1, 0.15) is 25.3 Å². The fraction of sp³-hybridized carbons (Fsp3) is 0.400. The van der Waals surface area contributed by atoms with Crippen LogP contribution in [0.5, 0.6) is 0 Å². The first-order valence-electron chi connectivity index (χ1n) is 6.33. The molecule has 0 unspecified atom stereocenters. The number of carbonyl (C=O) groups is 1. The van der Waals surface area contributed by atoms with Gasteiger partial charge in [-0.25, -0.2) is 0 Å². The second-order valence-electron chi connectivity index (χ2n) is 4.05. The lowest BCUT2D eigenvalue weighted by atomic mass is 10.1. The SMILES string of the molecule is C=C(CNCCCC(=O)OCC)c1ccccc1. The van der Waals surface area contributed by atoms with Crippen molar-refractivity contribution in [2.45, 2.75) is 19.8 Å². The van der Waals surface area contributed by atoms with Crippen molar-refractivity contribution < 1.29 is 9.53 Å². The van der Waals surface area contributed by atoms with E-state index >= 15 is 0 Å². The molecule has 0 saturated heterocycles. The Bertz CT molecular complexity index is 373. The maximum atomic E-state index is 11.1. The molecule has 0 bridgehead atoms. The molecular weight excluding hydrogens is 226 g/mol. The lowest BCUT2D eigenvalue weighted by molar-refractivity contribution is -0.143. The number of hydrogen-bond acceptors (Lipinski definition) is 3. The number of hydrogen-bond donors (Lipinski definition) is 1. The van der Waals surface area contributed by atoms with Crippen LogP contribution < -0.4 is 5.32 Å². The van der Waals surface area contributed by atoms with Gasteiger partial charge in [0.1, 0.15) is 0 Å². The van der Waals surface area contributed by atoms with Crippen LogP contribution in [0.25, 0.3) is 5.57 Å². The second kappa shape index (κ2) is 8.48. The third-order valence-corrected chi connectivity index (χ3v) is 2.56. The summed E-state index contributed by atoms with van der Waals surface area (Å²) in [5.41, 5.74) is 2.21. The van der Waals surface area contributed by atoms with Crippen LogP contribution >= 0.6 is 0 Å². The minimum absolute atomic E-state index is 0.124. The van der Waals surface area contributed by atoms with Gasteiger partial charge in [-0.3, -0.25) is 4.79 Å². The van der Waals surface area contributed by atoms with E-state index in [0.717, 1.165) is 30.6 Å². The summed E-state index contributed by atoms with van der Waals surface area (Å²) >= 11 is 0. The van der Waals surface area contributed by atoms with Crippen molar-refractivity contribution in [1.82, 2.24) is 5.32 Å². The van der Waals surface area contributed by atoms with E-state index in [2.05, 4.69) is 11.9 Å². The van der Waals surface area contributed by atoms with E-state index in [9.17, 15) is 4.79 Å². The van der Waals surface area contributed by atoms with Gasteiger partial charge in [0.05, 0.1) is 6.61 Å². The summed E-state index contributed by atoms with van der Waals surface area (Å²) in [6.45, 7) is 7.85. The molecule has 0 aliphatic carbocycles. The van der Waals surface area contributed by atoms with Gasteiger partial charge in [0, 0.05) is 13.0 Å². The van der Waals surface area contributed by atoms with Gasteiger partial charge in [-0.2, -0.15) is 0 Å². The Kier molecular flexibility index (Phi) is 6.81. The van der Waals surface area contributed by atoms with Gasteiger partial charge < -0.3 is 10.1 Å². The molecule has 18 heavy (non-hydrogen) atoms. The van der Waals surface area contributed by atoms with Crippen molar-refractivity contribution >= 4 is 11.5 Å². The third-order valence-electron chi connectivity index (χ3n) is 2.56. The highest BCUT2D eigenvalue weighted by Crippen LogP contribution is 2.09. The summed E-state index contributed by atoms with van der Waals surface area (Å²) in [5.74, 6) is -0.124. The lowest BCUT2D eigenvalue weighted by Crippen LogP contribution is -2.18. The minimum atomic E-state index is -0.124. The average Bonchev–Trinajstić information content (AvgIpc) is 2.39. The van der Waals surface area contributed by atoms with Gasteiger partial charge in [0.15, 0.2) is 0 Å². The van der Waals surface area contributed by atoms with Crippen LogP contribution in [-0.2, 0) is 9.53 Å². The smallest absolute Gasteiger partial charge is 0.305 e. The number of rotatable bonds is 8. The lowest BCUT2D eigenvalue weighted by Gasteiger charge is -2.07. The zero-order valence-electron chi connectivity index (χ0n) is 10.9. The molecule has 1 aromatic carbocycles. The average molecular weight is 247 g/mol. The topological polar surface area (TPSA) is 38.3 Å². The first-order chi connectivity index (χ1) is 8.74. The van der Waals surface area contributed by atoms with E-state index in [0.29, 0.717) is 13.0 Å². The van der Waals surface area contributed by atoms with Crippen LogP contribution in [0.15, 0.2) is 36.9 Å². The molecule has 0 aliphatic rings. The third kappa shape index (κ3) is 5.64. The van der Waals surface area contributed by atoms with Gasteiger partial charge in [-0.1, -0.05) is 36.9 Å². The van der Waals surface area contributed by atoms with Gasteiger partial charge in [0.25, 0.3) is 0 Å². The van der Waals surface area contributed by atoms with E-state index in [1.165, 1.54) is 0 Å². The Morgan fingerprint density at radius 2 is 2.06 bits per heavy atom. The van der Waals surface area contributed by atoms with E-state index < -0.39 is 0 Å². The summed E-state index contributed by atoms with van der Waals surface area (Å²) in [5, 5.41) is 3.27. The second-order valence-corrected chi connectivity index (χ2v) is 4.05. The van der Waals surface area contributed by atoms with Crippen LogP contribution in [0.2, 0.25) is 0 Å². The van der Waals surface area contributed by atoms with Crippen LogP contribution in [-0.4, -0.2) is 25.7 Å². The Hall–Kier alpha value is -1.61. The molecule has 0 spiro atoms. The van der Waals surface area contributed by atoms with Crippen molar-refractivity contribution in [2.75, 3.05) is 19.7 Å². The summed E-state index contributed by atoms with van der Waals surface area (Å²) < 4.78 is 4.85. The number of ether oxygens (including phenoxy) is 1. The quantitative estimate of drug-likeness (QED) is 0.567. The standard InChI is InChI=1S/C15H21NO2/c1-3-18-15(17)10-7-11-16-12-13(2)14-8-5-4-6-9-14/h4-6,8-9,16H,2-3,7,10-12H2,1H3. The molecule has 0 aliphatic heterocycles. The zero-order valence-corrected chi connectivity index (χ0v) is 10.9. The van der Waals surface area contributed by atoms with Crippen LogP contribution in [0.3, 0.4) is 0 Å². The molecule has 98 valence electrons. The highest BCUT2D eigenvalue weighted by molar-refractivity contribution is 5.69. The van der Waals surface area contributed by atoms with E-state index in [1.807, 2.05) is 37.3 Å². The van der Waals surface area contributed by atoms with Crippen LogP contribution in [0, 0.1) is 0 Å². The molecule has 1 N–H and O–H groups in total. The Morgan fingerprint density at radius 1 is 1.33 bits per heavy atom. The molecule has 3 nitrogen and oxygen atoms in total. The van der Waals surface area contributed by atoms with Gasteiger partial charge >= 0.3 is 5.97 Å². The molecule has 1 rings (SSSR count). The molecule has 0 atom stereocenters. The number of esters is 1. The van der Waals surface area contributed by atoms with Crippen LogP contribution in [0.4, 0.5) is 0 Å².